The first-order chi connectivity index (χ1) is 23.5. The molecule has 13 heteroatoms. The third-order valence-corrected chi connectivity index (χ3v) is 8.65. The Morgan fingerprint density at radius 2 is 1.25 bits per heavy atom. The normalized spacial score (nSPS) is 11.8. The molecule has 51 heavy (non-hydrogen) atoms. The van der Waals surface area contributed by atoms with Crippen LogP contribution in [-0.2, 0) is 14.3 Å². The highest BCUT2D eigenvalue weighted by Crippen LogP contribution is 2.24. The first kappa shape index (κ1) is 40.5. The lowest BCUT2D eigenvalue weighted by Crippen LogP contribution is -2.36. The summed E-state index contributed by atoms with van der Waals surface area (Å²) in [6.45, 7) is 5.40. The fourth-order valence-corrected chi connectivity index (χ4v) is 6.35. The fourth-order valence-electron chi connectivity index (χ4n) is 4.91. The van der Waals surface area contributed by atoms with Gasteiger partial charge in [0.1, 0.15) is 5.60 Å². The van der Waals surface area contributed by atoms with Crippen molar-refractivity contribution in [3.05, 3.63) is 118 Å². The smallest absolute Gasteiger partial charge is 0.408 e. The maximum absolute atomic E-state index is 12.6. The van der Waals surface area contributed by atoms with Crippen molar-refractivity contribution in [3.63, 3.8) is 0 Å². The lowest BCUT2D eigenvalue weighted by molar-refractivity contribution is -0.117. The van der Waals surface area contributed by atoms with E-state index in [2.05, 4.69) is 25.9 Å². The van der Waals surface area contributed by atoms with Gasteiger partial charge in [-0.1, -0.05) is 19.6 Å². The van der Waals surface area contributed by atoms with E-state index in [-0.39, 0.29) is 50.5 Å². The molecule has 4 aromatic heterocycles. The molecule has 0 radical (unpaired) electrons. The van der Waals surface area contributed by atoms with E-state index in [1.165, 1.54) is 11.3 Å². The van der Waals surface area contributed by atoms with Gasteiger partial charge in [-0.15, -0.1) is 12.4 Å². The number of nitrogens with zero attached hydrogens (tertiary/aromatic N) is 2. The Labute approximate surface area is 312 Å². The zero-order valence-corrected chi connectivity index (χ0v) is 30.2. The molecule has 2 atom stereocenters. The van der Waals surface area contributed by atoms with Gasteiger partial charge in [0, 0.05) is 59.4 Å². The third-order valence-electron chi connectivity index (χ3n) is 7.25. The number of nitrogens with two attached hydrogens (primary N) is 1. The van der Waals surface area contributed by atoms with Gasteiger partial charge >= 0.3 is 6.09 Å². The number of nitrogens with one attached hydrogen (secondary N) is 3. The van der Waals surface area contributed by atoms with Crippen molar-refractivity contribution in [1.82, 2.24) is 15.3 Å². The summed E-state index contributed by atoms with van der Waals surface area (Å²) >= 11 is 3.09. The van der Waals surface area contributed by atoms with Crippen molar-refractivity contribution in [3.8, 4) is 0 Å². The van der Waals surface area contributed by atoms with Crippen LogP contribution in [0.1, 0.15) is 64.3 Å². The van der Waals surface area contributed by atoms with Gasteiger partial charge in [-0.3, -0.25) is 19.6 Å². The van der Waals surface area contributed by atoms with Gasteiger partial charge < -0.3 is 26.4 Å². The summed E-state index contributed by atoms with van der Waals surface area (Å²) in [7, 11) is 0. The van der Waals surface area contributed by atoms with E-state index in [1.54, 1.807) is 56.9 Å². The van der Waals surface area contributed by atoms with Crippen LogP contribution in [0.15, 0.2) is 107 Å². The Morgan fingerprint density at radius 3 is 1.75 bits per heavy atom. The number of aromatic nitrogens is 2. The van der Waals surface area contributed by atoms with E-state index in [9.17, 15) is 14.4 Å². The Morgan fingerprint density at radius 1 is 0.745 bits per heavy atom. The highest BCUT2D eigenvalue weighted by Gasteiger charge is 2.23. The third kappa shape index (κ3) is 12.4. The number of thiophene rings is 2. The molecule has 0 bridgehead atoms. The molecular formula is C38H43ClN6O4S2. The molecule has 268 valence electrons. The Balaban J connectivity index is 0.000000274. The second-order valence-electron chi connectivity index (χ2n) is 12.3. The number of benzene rings is 2. The van der Waals surface area contributed by atoms with E-state index in [4.69, 9.17) is 10.5 Å². The number of rotatable bonds is 9. The molecule has 0 aliphatic rings. The quantitative estimate of drug-likeness (QED) is 0.115. The van der Waals surface area contributed by atoms with Crippen LogP contribution in [0.5, 0.6) is 0 Å². The average molecular weight is 747 g/mol. The number of ether oxygens (including phenoxy) is 1. The van der Waals surface area contributed by atoms with E-state index >= 15 is 0 Å². The fraction of sp³-hybridized carbons (Fsp3) is 0.237. The molecule has 0 aliphatic carbocycles. The minimum Gasteiger partial charge on any atom is -0.444 e. The van der Waals surface area contributed by atoms with Crippen molar-refractivity contribution >= 4 is 85.9 Å². The van der Waals surface area contributed by atoms with Gasteiger partial charge in [0.05, 0.1) is 12.5 Å². The SMILES string of the molecule is C.CC(C)(C)OC(=O)NC(CC(=O)Nc1ccc2cnccc2c1)c1ccsc1.Cl.NC(CC(=O)Nc1ccc2cnccc2c1)c1ccsc1. The Kier molecular flexibility index (Phi) is 15.0. The predicted molar refractivity (Wildman–Crippen MR) is 212 cm³/mol. The largest absolute Gasteiger partial charge is 0.444 e. The minimum absolute atomic E-state index is 0. The molecule has 6 aromatic rings. The first-order valence-electron chi connectivity index (χ1n) is 15.6. The summed E-state index contributed by atoms with van der Waals surface area (Å²) in [6.07, 6.45) is 6.85. The summed E-state index contributed by atoms with van der Waals surface area (Å²) in [5.41, 5.74) is 8.76. The van der Waals surface area contributed by atoms with Crippen molar-refractivity contribution in [2.45, 2.75) is 58.7 Å². The Bertz CT molecular complexity index is 2020. The zero-order valence-electron chi connectivity index (χ0n) is 27.8. The number of hydrogen-bond acceptors (Lipinski definition) is 9. The first-order valence-corrected chi connectivity index (χ1v) is 17.5. The predicted octanol–water partition coefficient (Wildman–Crippen LogP) is 9.27. The topological polar surface area (TPSA) is 148 Å². The zero-order chi connectivity index (χ0) is 34.8. The van der Waals surface area contributed by atoms with Crippen LogP contribution in [0.3, 0.4) is 0 Å². The van der Waals surface area contributed by atoms with Gasteiger partial charge in [0.25, 0.3) is 0 Å². The molecule has 0 saturated carbocycles. The number of alkyl carbamates (subject to hydrolysis) is 1. The molecule has 4 heterocycles. The van der Waals surface area contributed by atoms with Crippen molar-refractivity contribution < 1.29 is 19.1 Å². The van der Waals surface area contributed by atoms with Crippen LogP contribution in [0.25, 0.3) is 21.5 Å². The molecule has 10 nitrogen and oxygen atoms in total. The van der Waals surface area contributed by atoms with Gasteiger partial charge in [-0.2, -0.15) is 22.7 Å². The van der Waals surface area contributed by atoms with Crippen LogP contribution in [0.4, 0.5) is 16.2 Å². The average Bonchev–Trinajstić information content (AvgIpc) is 3.80. The summed E-state index contributed by atoms with van der Waals surface area (Å²) in [6, 6.07) is 18.3. The molecule has 0 saturated heterocycles. The van der Waals surface area contributed by atoms with E-state index in [0.717, 1.165) is 38.4 Å². The lowest BCUT2D eigenvalue weighted by Gasteiger charge is -2.23. The van der Waals surface area contributed by atoms with Crippen LogP contribution in [-0.4, -0.2) is 33.5 Å². The molecule has 0 aliphatic heterocycles. The number of pyridine rings is 2. The molecule has 0 fully saturated rings. The Hall–Kier alpha value is -4.88. The monoisotopic (exact) mass is 746 g/mol. The van der Waals surface area contributed by atoms with Gasteiger partial charge in [-0.25, -0.2) is 4.79 Å². The minimum atomic E-state index is -0.606. The number of fused-ring (bicyclic) bond motifs is 2. The van der Waals surface area contributed by atoms with Gasteiger partial charge in [0.15, 0.2) is 0 Å². The summed E-state index contributed by atoms with van der Waals surface area (Å²) in [4.78, 5) is 45.0. The maximum atomic E-state index is 12.6. The summed E-state index contributed by atoms with van der Waals surface area (Å²) in [5.74, 6) is -0.275. The van der Waals surface area contributed by atoms with Crippen LogP contribution < -0.4 is 21.7 Å². The molecule has 0 spiro atoms. The van der Waals surface area contributed by atoms with Crippen molar-refractivity contribution in [2.24, 2.45) is 5.73 Å². The van der Waals surface area contributed by atoms with E-state index < -0.39 is 17.7 Å². The highest BCUT2D eigenvalue weighted by atomic mass is 35.5. The van der Waals surface area contributed by atoms with Crippen LogP contribution in [0.2, 0.25) is 0 Å². The molecule has 2 unspecified atom stereocenters. The second kappa shape index (κ2) is 18.9. The molecular weight excluding hydrogens is 704 g/mol. The van der Waals surface area contributed by atoms with Crippen molar-refractivity contribution in [2.75, 3.05) is 10.6 Å². The number of amides is 3. The highest BCUT2D eigenvalue weighted by molar-refractivity contribution is 7.08. The number of carbonyl (C=O) groups excluding carboxylic acids is 3. The van der Waals surface area contributed by atoms with Crippen LogP contribution >= 0.6 is 35.1 Å². The number of hydrogen-bond donors (Lipinski definition) is 4. The number of anilines is 2. The summed E-state index contributed by atoms with van der Waals surface area (Å²) in [5, 5.41) is 20.4. The maximum Gasteiger partial charge on any atom is 0.408 e. The standard InChI is InChI=1S/C21H23N3O3S.C16H15N3OS.CH4.ClH/c1-21(2,3)27-20(26)24-18(16-7-9-28-13-16)11-19(25)23-17-5-4-15-12-22-8-6-14(15)10-17;17-15(13-4-6-21-10-13)8-16(20)19-14-2-1-12-9-18-5-3-11(12)7-14;;/h4-10,12-13,18H,11H2,1-3H3,(H,23,25)(H,24,26);1-7,9-10,15H,8,17H2,(H,19,20);1H4;1H. The number of halogens is 1. The van der Waals surface area contributed by atoms with Gasteiger partial charge in [-0.05, 0) is 113 Å². The summed E-state index contributed by atoms with van der Waals surface area (Å²) < 4.78 is 5.33. The molecule has 6 rings (SSSR count). The molecule has 2 aromatic carbocycles. The number of carbonyl (C=O) groups is 3. The lowest BCUT2D eigenvalue weighted by atomic mass is 10.1. The molecule has 5 N–H and O–H groups in total. The van der Waals surface area contributed by atoms with Gasteiger partial charge in [0.2, 0.25) is 11.8 Å². The van der Waals surface area contributed by atoms with Crippen molar-refractivity contribution in [1.29, 1.82) is 0 Å². The van der Waals surface area contributed by atoms with E-state index in [0.29, 0.717) is 5.69 Å². The molecule has 3 amide bonds. The van der Waals surface area contributed by atoms with E-state index in [1.807, 2.05) is 82.2 Å². The van der Waals surface area contributed by atoms with Crippen LogP contribution in [0, 0.1) is 0 Å². The second-order valence-corrected chi connectivity index (χ2v) is 13.9.